The average Bonchev–Trinajstić information content (AvgIpc) is 2.68. The molecule has 0 spiro atoms. The van der Waals surface area contributed by atoms with Gasteiger partial charge in [0.15, 0.2) is 0 Å². The molecule has 5 nitrogen and oxygen atoms in total. The summed E-state index contributed by atoms with van der Waals surface area (Å²) in [6.45, 7) is 8.52. The molecule has 0 atom stereocenters. The van der Waals surface area contributed by atoms with E-state index in [4.69, 9.17) is 11.6 Å². The molecule has 2 heterocycles. The fourth-order valence-corrected chi connectivity index (χ4v) is 3.36. The summed E-state index contributed by atoms with van der Waals surface area (Å²) in [5, 5.41) is 3.75. The first-order valence-corrected chi connectivity index (χ1v) is 9.90. The number of hydrogen-bond acceptors (Lipinski definition) is 4. The third-order valence-corrected chi connectivity index (χ3v) is 5.03. The van der Waals surface area contributed by atoms with Crippen LogP contribution < -0.4 is 15.1 Å². The Balaban J connectivity index is 1.59. The maximum absolute atomic E-state index is 12.4. The van der Waals surface area contributed by atoms with Crippen molar-refractivity contribution >= 4 is 29.0 Å². The summed E-state index contributed by atoms with van der Waals surface area (Å²) in [7, 11) is 0. The minimum Gasteiger partial charge on any atom is -0.368 e. The largest absolute Gasteiger partial charge is 0.368 e. The number of piperazine rings is 1. The molecule has 1 aromatic heterocycles. The molecular formula is C21H27ClN4O. The van der Waals surface area contributed by atoms with E-state index < -0.39 is 0 Å². The molecule has 27 heavy (non-hydrogen) atoms. The van der Waals surface area contributed by atoms with Crippen molar-refractivity contribution in [3.8, 4) is 0 Å². The van der Waals surface area contributed by atoms with Gasteiger partial charge in [0.2, 0.25) is 0 Å². The molecule has 1 aliphatic heterocycles. The second-order valence-corrected chi connectivity index (χ2v) is 7.73. The quantitative estimate of drug-likeness (QED) is 0.819. The Kier molecular flexibility index (Phi) is 6.56. The maximum Gasteiger partial charge on any atom is 0.251 e. The Bertz CT molecular complexity index is 772. The maximum atomic E-state index is 12.4. The number of carbonyl (C=O) groups is 1. The van der Waals surface area contributed by atoms with E-state index in [-0.39, 0.29) is 5.91 Å². The summed E-state index contributed by atoms with van der Waals surface area (Å²) in [5.74, 6) is 1.41. The van der Waals surface area contributed by atoms with Gasteiger partial charge in [-0.25, -0.2) is 4.98 Å². The van der Waals surface area contributed by atoms with Crippen molar-refractivity contribution in [3.05, 3.63) is 53.2 Å². The number of amides is 1. The van der Waals surface area contributed by atoms with Crippen molar-refractivity contribution in [1.29, 1.82) is 0 Å². The van der Waals surface area contributed by atoms with Gasteiger partial charge in [-0.3, -0.25) is 4.79 Å². The lowest BCUT2D eigenvalue weighted by molar-refractivity contribution is 0.0952. The van der Waals surface area contributed by atoms with Crippen molar-refractivity contribution in [2.75, 3.05) is 42.5 Å². The minimum absolute atomic E-state index is 0.0307. The number of nitrogens with zero attached hydrogens (tertiary/aromatic N) is 3. The lowest BCUT2D eigenvalue weighted by Crippen LogP contribution is -2.46. The smallest absolute Gasteiger partial charge is 0.251 e. The third-order valence-electron chi connectivity index (χ3n) is 4.79. The van der Waals surface area contributed by atoms with Crippen molar-refractivity contribution in [2.45, 2.75) is 20.3 Å². The van der Waals surface area contributed by atoms with Crippen molar-refractivity contribution in [1.82, 2.24) is 10.3 Å². The molecule has 0 bridgehead atoms. The van der Waals surface area contributed by atoms with E-state index in [0.717, 1.165) is 49.1 Å². The van der Waals surface area contributed by atoms with E-state index in [9.17, 15) is 4.79 Å². The van der Waals surface area contributed by atoms with Gasteiger partial charge in [0.1, 0.15) is 5.82 Å². The van der Waals surface area contributed by atoms with Crippen LogP contribution in [-0.2, 0) is 0 Å². The first kappa shape index (κ1) is 19.5. The molecule has 1 saturated heterocycles. The SMILES string of the molecule is CC(C)CCNC(=O)c1ccnc(N2CCN(c3cccc(Cl)c3)CC2)c1. The number of pyridine rings is 1. The molecule has 1 aromatic carbocycles. The average molecular weight is 387 g/mol. The van der Waals surface area contributed by atoms with Gasteiger partial charge < -0.3 is 15.1 Å². The molecule has 0 saturated carbocycles. The van der Waals surface area contributed by atoms with E-state index >= 15 is 0 Å². The molecule has 2 aromatic rings. The fraction of sp³-hybridized carbons (Fsp3) is 0.429. The number of hydrogen-bond donors (Lipinski definition) is 1. The zero-order valence-electron chi connectivity index (χ0n) is 16.0. The number of rotatable bonds is 6. The van der Waals surface area contributed by atoms with Gasteiger partial charge in [-0.15, -0.1) is 0 Å². The first-order valence-electron chi connectivity index (χ1n) is 9.52. The molecular weight excluding hydrogens is 360 g/mol. The van der Waals surface area contributed by atoms with Crippen molar-refractivity contribution in [3.63, 3.8) is 0 Å². The van der Waals surface area contributed by atoms with Crippen LogP contribution in [0.2, 0.25) is 5.02 Å². The van der Waals surface area contributed by atoms with E-state index in [0.29, 0.717) is 18.0 Å². The van der Waals surface area contributed by atoms with E-state index in [1.165, 1.54) is 0 Å². The third kappa shape index (κ3) is 5.36. The van der Waals surface area contributed by atoms with Gasteiger partial charge >= 0.3 is 0 Å². The Morgan fingerprint density at radius 1 is 1.15 bits per heavy atom. The molecule has 3 rings (SSSR count). The summed E-state index contributed by atoms with van der Waals surface area (Å²) in [6, 6.07) is 11.6. The highest BCUT2D eigenvalue weighted by atomic mass is 35.5. The van der Waals surface area contributed by atoms with Crippen LogP contribution >= 0.6 is 11.6 Å². The second kappa shape index (κ2) is 9.09. The van der Waals surface area contributed by atoms with Gasteiger partial charge in [-0.1, -0.05) is 31.5 Å². The van der Waals surface area contributed by atoms with E-state index in [1.807, 2.05) is 24.3 Å². The monoisotopic (exact) mass is 386 g/mol. The van der Waals surface area contributed by atoms with Crippen LogP contribution in [0.3, 0.4) is 0 Å². The Morgan fingerprint density at radius 2 is 1.89 bits per heavy atom. The normalized spacial score (nSPS) is 14.5. The summed E-state index contributed by atoms with van der Waals surface area (Å²) in [6.07, 6.45) is 2.70. The molecule has 0 unspecified atom stereocenters. The van der Waals surface area contributed by atoms with Gasteiger partial charge in [0.05, 0.1) is 0 Å². The lowest BCUT2D eigenvalue weighted by atomic mass is 10.1. The highest BCUT2D eigenvalue weighted by Crippen LogP contribution is 2.22. The number of nitrogens with one attached hydrogen (secondary N) is 1. The summed E-state index contributed by atoms with van der Waals surface area (Å²) in [5.41, 5.74) is 1.81. The van der Waals surface area contributed by atoms with Crippen molar-refractivity contribution in [2.24, 2.45) is 5.92 Å². The first-order chi connectivity index (χ1) is 13.0. The molecule has 0 radical (unpaired) electrons. The van der Waals surface area contributed by atoms with Crippen LogP contribution in [0.15, 0.2) is 42.6 Å². The minimum atomic E-state index is -0.0307. The molecule has 1 N–H and O–H groups in total. The zero-order valence-corrected chi connectivity index (χ0v) is 16.7. The van der Waals surface area contributed by atoms with Gasteiger partial charge in [0.25, 0.3) is 5.91 Å². The highest BCUT2D eigenvalue weighted by Gasteiger charge is 2.19. The summed E-state index contributed by atoms with van der Waals surface area (Å²) in [4.78, 5) is 21.4. The van der Waals surface area contributed by atoms with Gasteiger partial charge in [-0.05, 0) is 42.7 Å². The van der Waals surface area contributed by atoms with Crippen LogP contribution in [0.5, 0.6) is 0 Å². The van der Waals surface area contributed by atoms with Gasteiger partial charge in [-0.2, -0.15) is 0 Å². The number of halogens is 1. The Morgan fingerprint density at radius 3 is 2.59 bits per heavy atom. The number of carbonyl (C=O) groups excluding carboxylic acids is 1. The van der Waals surface area contributed by atoms with Crippen LogP contribution in [0.4, 0.5) is 11.5 Å². The molecule has 1 amide bonds. The predicted octanol–water partition coefficient (Wildman–Crippen LogP) is 3.84. The molecule has 144 valence electrons. The zero-order chi connectivity index (χ0) is 19.2. The Hall–Kier alpha value is -2.27. The lowest BCUT2D eigenvalue weighted by Gasteiger charge is -2.36. The highest BCUT2D eigenvalue weighted by molar-refractivity contribution is 6.30. The Labute approximate surface area is 166 Å². The standard InChI is InChI=1S/C21H27ClN4O/c1-16(2)6-8-24-21(27)17-7-9-23-20(14-17)26-12-10-25(11-13-26)19-5-3-4-18(22)15-19/h3-5,7,9,14-16H,6,8,10-13H2,1-2H3,(H,24,27). The van der Waals surface area contributed by atoms with Gasteiger partial charge in [0, 0.05) is 55.2 Å². The molecule has 0 aliphatic carbocycles. The molecule has 6 heteroatoms. The number of anilines is 2. The van der Waals surface area contributed by atoms with E-state index in [1.54, 1.807) is 12.3 Å². The summed E-state index contributed by atoms with van der Waals surface area (Å²) < 4.78 is 0. The summed E-state index contributed by atoms with van der Waals surface area (Å²) >= 11 is 6.10. The van der Waals surface area contributed by atoms with Crippen LogP contribution in [0.25, 0.3) is 0 Å². The fourth-order valence-electron chi connectivity index (χ4n) is 3.18. The molecule has 1 fully saturated rings. The van der Waals surface area contributed by atoms with Crippen LogP contribution in [0.1, 0.15) is 30.6 Å². The second-order valence-electron chi connectivity index (χ2n) is 7.30. The van der Waals surface area contributed by atoms with Crippen LogP contribution in [0, 0.1) is 5.92 Å². The topological polar surface area (TPSA) is 48.5 Å². The van der Waals surface area contributed by atoms with E-state index in [2.05, 4.69) is 40.0 Å². The number of benzene rings is 1. The van der Waals surface area contributed by atoms with Crippen LogP contribution in [-0.4, -0.2) is 43.6 Å². The number of aromatic nitrogens is 1. The van der Waals surface area contributed by atoms with Crippen molar-refractivity contribution < 1.29 is 4.79 Å². The predicted molar refractivity (Wildman–Crippen MR) is 112 cm³/mol. The molecule has 1 aliphatic rings.